The van der Waals surface area contributed by atoms with Gasteiger partial charge in [0.05, 0.1) is 13.2 Å². The van der Waals surface area contributed by atoms with Gasteiger partial charge in [-0.3, -0.25) is 0 Å². The summed E-state index contributed by atoms with van der Waals surface area (Å²) < 4.78 is 62.0. The fourth-order valence-corrected chi connectivity index (χ4v) is 32.9. The lowest BCUT2D eigenvalue weighted by molar-refractivity contribution is 0.115. The smallest absolute Gasteiger partial charge is 0.439 e. The first-order chi connectivity index (χ1) is 18.2. The van der Waals surface area contributed by atoms with Gasteiger partial charge in [-0.1, -0.05) is 0 Å². The zero-order valence-electron chi connectivity index (χ0n) is 27.9. The number of ether oxygens (including phenoxy) is 2. The minimum Gasteiger partial charge on any atom is -0.439 e. The monoisotopic (exact) mass is 692 g/mol. The van der Waals surface area contributed by atoms with E-state index in [1.807, 2.05) is 0 Å². The van der Waals surface area contributed by atoms with Crippen molar-refractivity contribution in [3.63, 3.8) is 0 Å². The van der Waals surface area contributed by atoms with E-state index in [1.165, 1.54) is 0 Å². The Labute approximate surface area is 253 Å². The Balaban J connectivity index is 3.02. The molecule has 0 aromatic carbocycles. The average molecular weight is 693 g/mol. The summed E-state index contributed by atoms with van der Waals surface area (Å²) >= 11 is 0. The molecule has 1 heterocycles. The van der Waals surface area contributed by atoms with Gasteiger partial charge in [-0.2, -0.15) is 0 Å². The Kier molecular flexibility index (Phi) is 16.1. The second-order valence-electron chi connectivity index (χ2n) is 13.3. The van der Waals surface area contributed by atoms with Crippen molar-refractivity contribution in [1.82, 2.24) is 0 Å². The average Bonchev–Trinajstić information content (AvgIpc) is 3.57. The van der Waals surface area contributed by atoms with Gasteiger partial charge in [-0.05, 0) is 96.9 Å². The molecule has 4 unspecified atom stereocenters. The van der Waals surface area contributed by atoms with Crippen molar-refractivity contribution in [2.24, 2.45) is 0 Å². The highest BCUT2D eigenvalue weighted by atomic mass is 28.5. The summed E-state index contributed by atoms with van der Waals surface area (Å²) in [5.41, 5.74) is 0. The second-order valence-corrected chi connectivity index (χ2v) is 38.6. The molecule has 0 aromatic heterocycles. The third-order valence-electron chi connectivity index (χ3n) is 6.05. The lowest BCUT2D eigenvalue weighted by Gasteiger charge is -2.43. The predicted octanol–water partition coefficient (Wildman–Crippen LogP) is 5.51. The van der Waals surface area contributed by atoms with Crippen LogP contribution in [0.5, 0.6) is 0 Å². The van der Waals surface area contributed by atoms with Gasteiger partial charge < -0.3 is 43.3 Å². The van der Waals surface area contributed by atoms with Crippen molar-refractivity contribution in [3.8, 4) is 0 Å². The van der Waals surface area contributed by atoms with Gasteiger partial charge in [0.25, 0.3) is 9.28 Å². The zero-order valence-corrected chi connectivity index (χ0v) is 35.0. The molecule has 40 heavy (non-hydrogen) atoms. The van der Waals surface area contributed by atoms with E-state index in [0.29, 0.717) is 19.3 Å². The highest BCUT2D eigenvalue weighted by Gasteiger charge is 2.48. The molecule has 17 heteroatoms. The maximum Gasteiger partial charge on any atom is 0.500 e. The molecular formula is C23H60O10Si7. The molecule has 0 spiro atoms. The largest absolute Gasteiger partial charge is 0.500 e. The van der Waals surface area contributed by atoms with Crippen molar-refractivity contribution < 1.29 is 43.3 Å². The summed E-state index contributed by atoms with van der Waals surface area (Å²) in [6.45, 7) is 26.1. The Morgan fingerprint density at radius 1 is 0.675 bits per heavy atom. The normalized spacial score (nSPS) is 20.7. The summed E-state index contributed by atoms with van der Waals surface area (Å²) in [5.74, 6) is 0. The van der Waals surface area contributed by atoms with E-state index >= 15 is 0 Å². The molecule has 1 rings (SSSR count). The predicted molar refractivity (Wildman–Crippen MR) is 177 cm³/mol. The van der Waals surface area contributed by atoms with Gasteiger partial charge in [-0.25, -0.2) is 0 Å². The minimum atomic E-state index is -2.67. The highest BCUT2D eigenvalue weighted by molar-refractivity contribution is 6.90. The van der Waals surface area contributed by atoms with Crippen molar-refractivity contribution in [2.45, 2.75) is 109 Å². The van der Waals surface area contributed by atoms with E-state index in [-0.39, 0.29) is 6.10 Å². The molecule has 0 radical (unpaired) electrons. The first kappa shape index (κ1) is 39.1. The number of hydrogen-bond acceptors (Lipinski definition) is 10. The molecule has 1 saturated heterocycles. The molecule has 4 atom stereocenters. The number of rotatable bonds is 23. The van der Waals surface area contributed by atoms with E-state index in [9.17, 15) is 0 Å². The topological polar surface area (TPSA) is 95.6 Å². The Hall–Kier alpha value is 1.12. The van der Waals surface area contributed by atoms with Crippen LogP contribution in [-0.4, -0.2) is 108 Å². The maximum atomic E-state index is 7.01. The van der Waals surface area contributed by atoms with Crippen molar-refractivity contribution in [2.75, 3.05) is 41.2 Å². The molecule has 10 nitrogen and oxygen atoms in total. The van der Waals surface area contributed by atoms with Crippen LogP contribution < -0.4 is 0 Å². The number of epoxide rings is 1. The summed E-state index contributed by atoms with van der Waals surface area (Å²) in [4.78, 5) is 0. The molecule has 1 aliphatic heterocycles. The first-order valence-electron chi connectivity index (χ1n) is 14.5. The summed E-state index contributed by atoms with van der Waals surface area (Å²) in [6.07, 6.45) is 1.97. The van der Waals surface area contributed by atoms with Crippen LogP contribution in [0.2, 0.25) is 90.1 Å². The van der Waals surface area contributed by atoms with Crippen molar-refractivity contribution >= 4 is 60.4 Å². The zero-order chi connectivity index (χ0) is 30.9. The maximum absolute atomic E-state index is 7.01. The third kappa shape index (κ3) is 16.8. The molecule has 0 bridgehead atoms. The summed E-state index contributed by atoms with van der Waals surface area (Å²) in [7, 11) is -11.1. The van der Waals surface area contributed by atoms with Crippen molar-refractivity contribution in [1.29, 1.82) is 0 Å². The van der Waals surface area contributed by atoms with Crippen LogP contribution in [0.3, 0.4) is 0 Å². The fourth-order valence-electron chi connectivity index (χ4n) is 4.89. The number of hydrogen-bond donors (Lipinski definition) is 0. The first-order valence-corrected chi connectivity index (χ1v) is 33.2. The molecule has 0 aliphatic carbocycles. The quantitative estimate of drug-likeness (QED) is 0.0775. The second kappa shape index (κ2) is 16.4. The van der Waals surface area contributed by atoms with Crippen LogP contribution in [0, 0.1) is 0 Å². The van der Waals surface area contributed by atoms with Gasteiger partial charge in [0.1, 0.15) is 6.10 Å². The van der Waals surface area contributed by atoms with Crippen LogP contribution in [0.4, 0.5) is 0 Å². The lowest BCUT2D eigenvalue weighted by atomic mass is 10.5. The Morgan fingerprint density at radius 3 is 1.68 bits per heavy atom. The van der Waals surface area contributed by atoms with Crippen LogP contribution >= 0.6 is 0 Å². The summed E-state index contributed by atoms with van der Waals surface area (Å²) in [5, 5.41) is 0. The van der Waals surface area contributed by atoms with Gasteiger partial charge in [-0.15, -0.1) is 0 Å². The molecule has 0 N–H and O–H groups in total. The minimum absolute atomic E-state index is 0.270. The molecule has 0 amide bonds. The van der Waals surface area contributed by atoms with Gasteiger partial charge in [0, 0.05) is 34.0 Å². The third-order valence-corrected chi connectivity index (χ3v) is 30.5. The standard InChI is InChI=1S/C23H60O10Si7/c1-24-40(25-2,26-3)20-16-19-39(14,31-36(8,9)10)33-37(11,12)32-38(13,30-34(4)29-35(5,6)7)18-15-17-27-21-23-22-28-23/h23,34H,15-22H2,1-14H3. The van der Waals surface area contributed by atoms with E-state index in [1.54, 1.807) is 21.3 Å². The lowest BCUT2D eigenvalue weighted by Crippen LogP contribution is -2.59. The fraction of sp³-hybridized carbons (Fsp3) is 1.00. The van der Waals surface area contributed by atoms with Crippen LogP contribution in [0.15, 0.2) is 0 Å². The molecule has 1 fully saturated rings. The van der Waals surface area contributed by atoms with Gasteiger partial charge in [0.15, 0.2) is 16.6 Å². The molecule has 0 aromatic rings. The van der Waals surface area contributed by atoms with E-state index in [4.69, 9.17) is 43.3 Å². The van der Waals surface area contributed by atoms with Crippen LogP contribution in [0.1, 0.15) is 12.8 Å². The Morgan fingerprint density at radius 2 is 1.20 bits per heavy atom. The van der Waals surface area contributed by atoms with Gasteiger partial charge in [0.2, 0.25) is 0 Å². The van der Waals surface area contributed by atoms with Crippen LogP contribution in [0.25, 0.3) is 0 Å². The molecule has 240 valence electrons. The van der Waals surface area contributed by atoms with E-state index < -0.39 is 60.4 Å². The highest BCUT2D eigenvalue weighted by Crippen LogP contribution is 2.31. The van der Waals surface area contributed by atoms with Crippen molar-refractivity contribution in [3.05, 3.63) is 0 Å². The van der Waals surface area contributed by atoms with E-state index in [2.05, 4.69) is 72.0 Å². The molecular weight excluding hydrogens is 633 g/mol. The molecule has 1 aliphatic rings. The summed E-state index contributed by atoms with van der Waals surface area (Å²) in [6, 6.07) is 2.34. The van der Waals surface area contributed by atoms with E-state index in [0.717, 1.165) is 31.5 Å². The SMILES string of the molecule is CO[Si](CCC[Si](C)(O[Si](C)(C)C)O[Si](C)(C)O[Si](C)(CCCOCC1CO1)O[SiH](C)O[Si](C)(C)C)(OC)OC. The molecule has 0 saturated carbocycles. The van der Waals surface area contributed by atoms with Gasteiger partial charge >= 0.3 is 34.5 Å². The van der Waals surface area contributed by atoms with Crippen LogP contribution in [-0.2, 0) is 43.3 Å². The Bertz CT molecular complexity index is 724.